The number of hydrogen-bond donors (Lipinski definition) is 3. The zero-order valence-corrected chi connectivity index (χ0v) is 21.8. The zero-order valence-electron chi connectivity index (χ0n) is 21.8. The predicted molar refractivity (Wildman–Crippen MR) is 145 cm³/mol. The molecule has 2 amide bonds. The van der Waals surface area contributed by atoms with Crippen LogP contribution in [-0.2, 0) is 5.41 Å². The largest absolute Gasteiger partial charge is 0.492 e. The minimum Gasteiger partial charge on any atom is -0.492 e. The van der Waals surface area contributed by atoms with Crippen LogP contribution in [0.2, 0.25) is 0 Å². The van der Waals surface area contributed by atoms with Crippen molar-refractivity contribution in [2.45, 2.75) is 33.1 Å². The van der Waals surface area contributed by atoms with Gasteiger partial charge in [0.1, 0.15) is 35.5 Å². The SMILES string of the molecule is Cc1cc(Oc2ccc(NC(=O)Nc3cc(C(C)(C)C)nn3-c3ccc(OCCN)cc3)c(F)c2)ccn1. The Hall–Kier alpha value is -4.44. The summed E-state index contributed by atoms with van der Waals surface area (Å²) < 4.78 is 27.6. The Bertz CT molecular complexity index is 1410. The Morgan fingerprint density at radius 3 is 2.37 bits per heavy atom. The molecule has 0 atom stereocenters. The molecule has 4 aromatic rings. The molecule has 0 bridgehead atoms. The first-order chi connectivity index (χ1) is 18.1. The lowest BCUT2D eigenvalue weighted by atomic mass is 9.92. The fourth-order valence-electron chi connectivity index (χ4n) is 3.54. The predicted octanol–water partition coefficient (Wildman–Crippen LogP) is 5.79. The van der Waals surface area contributed by atoms with E-state index in [0.717, 1.165) is 17.1 Å². The van der Waals surface area contributed by atoms with Gasteiger partial charge in [0, 0.05) is 42.0 Å². The zero-order chi connectivity index (χ0) is 27.3. The third-order valence-electron chi connectivity index (χ3n) is 5.48. The van der Waals surface area contributed by atoms with Gasteiger partial charge in [0.15, 0.2) is 0 Å². The standard InChI is InChI=1S/C28H31FN6O3/c1-18-15-22(11-13-31-18)38-21-9-10-24(23(29)16-21)32-27(36)33-26-17-25(28(2,3)4)34-35(26)19-5-7-20(8-6-19)37-14-12-30/h5-11,13,15-17H,12,14,30H2,1-4H3,(H2,32,33,36). The van der Waals surface area contributed by atoms with Crippen LogP contribution in [-0.4, -0.2) is 33.9 Å². The number of amides is 2. The number of nitrogens with zero attached hydrogens (tertiary/aromatic N) is 3. The molecule has 0 spiro atoms. The number of benzene rings is 2. The van der Waals surface area contributed by atoms with Gasteiger partial charge in [-0.05, 0) is 49.4 Å². The average molecular weight is 519 g/mol. The van der Waals surface area contributed by atoms with Gasteiger partial charge in [-0.25, -0.2) is 13.9 Å². The second kappa shape index (κ2) is 11.3. The van der Waals surface area contributed by atoms with E-state index in [0.29, 0.717) is 36.2 Å². The number of carbonyl (C=O) groups is 1. The first-order valence-electron chi connectivity index (χ1n) is 12.1. The smallest absolute Gasteiger partial charge is 0.324 e. The molecule has 38 heavy (non-hydrogen) atoms. The number of aryl methyl sites for hydroxylation is 1. The van der Waals surface area contributed by atoms with E-state index in [1.54, 1.807) is 47.3 Å². The van der Waals surface area contributed by atoms with Crippen molar-refractivity contribution in [2.75, 3.05) is 23.8 Å². The molecule has 4 rings (SSSR count). The van der Waals surface area contributed by atoms with Crippen molar-refractivity contribution >= 4 is 17.5 Å². The number of carbonyl (C=O) groups excluding carboxylic acids is 1. The van der Waals surface area contributed by atoms with Gasteiger partial charge in [-0.1, -0.05) is 20.8 Å². The Morgan fingerprint density at radius 1 is 1.00 bits per heavy atom. The van der Waals surface area contributed by atoms with Gasteiger partial charge in [0.2, 0.25) is 0 Å². The van der Waals surface area contributed by atoms with Gasteiger partial charge in [0.05, 0.1) is 17.1 Å². The summed E-state index contributed by atoms with van der Waals surface area (Å²) in [5.41, 5.74) is 7.51. The highest BCUT2D eigenvalue weighted by Gasteiger charge is 2.22. The van der Waals surface area contributed by atoms with E-state index in [-0.39, 0.29) is 11.1 Å². The fourth-order valence-corrected chi connectivity index (χ4v) is 3.54. The van der Waals surface area contributed by atoms with Crippen molar-refractivity contribution in [1.82, 2.24) is 14.8 Å². The molecule has 10 heteroatoms. The van der Waals surface area contributed by atoms with Crippen LogP contribution in [0.5, 0.6) is 17.2 Å². The molecule has 0 unspecified atom stereocenters. The number of ether oxygens (including phenoxy) is 2. The molecule has 0 fully saturated rings. The van der Waals surface area contributed by atoms with Gasteiger partial charge < -0.3 is 20.5 Å². The molecule has 0 aliphatic rings. The molecule has 0 aliphatic heterocycles. The van der Waals surface area contributed by atoms with E-state index in [4.69, 9.17) is 20.3 Å². The highest BCUT2D eigenvalue weighted by Crippen LogP contribution is 2.28. The molecule has 2 aromatic heterocycles. The van der Waals surface area contributed by atoms with Crippen LogP contribution < -0.4 is 25.8 Å². The van der Waals surface area contributed by atoms with E-state index in [9.17, 15) is 9.18 Å². The Balaban J connectivity index is 1.50. The lowest BCUT2D eigenvalue weighted by Crippen LogP contribution is -2.22. The van der Waals surface area contributed by atoms with Gasteiger partial charge in [-0.2, -0.15) is 5.10 Å². The summed E-state index contributed by atoms with van der Waals surface area (Å²) in [6.45, 7) is 8.75. The van der Waals surface area contributed by atoms with Gasteiger partial charge in [-0.3, -0.25) is 10.3 Å². The molecule has 2 heterocycles. The van der Waals surface area contributed by atoms with E-state index in [2.05, 4.69) is 15.6 Å². The lowest BCUT2D eigenvalue weighted by Gasteiger charge is -2.14. The topological polar surface area (TPSA) is 116 Å². The van der Waals surface area contributed by atoms with Gasteiger partial charge in [-0.15, -0.1) is 0 Å². The number of nitrogens with one attached hydrogen (secondary N) is 2. The van der Waals surface area contributed by atoms with Crippen molar-refractivity contribution in [2.24, 2.45) is 5.73 Å². The third-order valence-corrected chi connectivity index (χ3v) is 5.48. The number of urea groups is 1. The highest BCUT2D eigenvalue weighted by atomic mass is 19.1. The molecule has 2 aromatic carbocycles. The molecule has 9 nitrogen and oxygen atoms in total. The monoisotopic (exact) mass is 518 g/mol. The maximum absolute atomic E-state index is 14.8. The number of halogens is 1. The molecule has 198 valence electrons. The number of pyridine rings is 1. The number of hydrogen-bond acceptors (Lipinski definition) is 6. The summed E-state index contributed by atoms with van der Waals surface area (Å²) in [5.74, 6) is 1.30. The molecule has 0 radical (unpaired) electrons. The van der Waals surface area contributed by atoms with Crippen molar-refractivity contribution in [3.8, 4) is 22.9 Å². The number of nitrogens with two attached hydrogens (primary N) is 1. The second-order valence-corrected chi connectivity index (χ2v) is 9.66. The maximum Gasteiger partial charge on any atom is 0.324 e. The molecular weight excluding hydrogens is 487 g/mol. The fraction of sp³-hybridized carbons (Fsp3) is 0.250. The summed E-state index contributed by atoms with van der Waals surface area (Å²) in [6.07, 6.45) is 1.61. The second-order valence-electron chi connectivity index (χ2n) is 9.66. The molecule has 0 saturated heterocycles. The molecule has 0 aliphatic carbocycles. The van der Waals surface area contributed by atoms with Gasteiger partial charge >= 0.3 is 6.03 Å². The van der Waals surface area contributed by atoms with Gasteiger partial charge in [0.25, 0.3) is 0 Å². The van der Waals surface area contributed by atoms with Crippen molar-refractivity contribution in [3.63, 3.8) is 0 Å². The first kappa shape index (κ1) is 26.6. The van der Waals surface area contributed by atoms with E-state index in [1.165, 1.54) is 12.1 Å². The number of anilines is 2. The maximum atomic E-state index is 14.8. The Kier molecular flexibility index (Phi) is 7.92. The van der Waals surface area contributed by atoms with Crippen LogP contribution in [0.4, 0.5) is 20.7 Å². The lowest BCUT2D eigenvalue weighted by molar-refractivity contribution is 0.262. The minimum atomic E-state index is -0.639. The van der Waals surface area contributed by atoms with Crippen LogP contribution in [0, 0.1) is 12.7 Å². The summed E-state index contributed by atoms with van der Waals surface area (Å²) in [4.78, 5) is 17.0. The Morgan fingerprint density at radius 2 is 1.71 bits per heavy atom. The third kappa shape index (κ3) is 6.65. The van der Waals surface area contributed by atoms with Crippen LogP contribution in [0.25, 0.3) is 5.69 Å². The Labute approximate surface area is 220 Å². The summed E-state index contributed by atoms with van der Waals surface area (Å²) in [6, 6.07) is 16.1. The first-order valence-corrected chi connectivity index (χ1v) is 12.1. The highest BCUT2D eigenvalue weighted by molar-refractivity contribution is 5.99. The molecular formula is C28H31FN6O3. The minimum absolute atomic E-state index is 0.00396. The van der Waals surface area contributed by atoms with Crippen molar-refractivity contribution in [1.29, 1.82) is 0 Å². The average Bonchev–Trinajstić information content (AvgIpc) is 3.29. The van der Waals surface area contributed by atoms with E-state index < -0.39 is 11.8 Å². The van der Waals surface area contributed by atoms with Crippen LogP contribution in [0.1, 0.15) is 32.2 Å². The number of aromatic nitrogens is 3. The van der Waals surface area contributed by atoms with Crippen LogP contribution in [0.3, 0.4) is 0 Å². The summed E-state index contributed by atoms with van der Waals surface area (Å²) in [7, 11) is 0. The van der Waals surface area contributed by atoms with Crippen LogP contribution in [0.15, 0.2) is 66.9 Å². The normalized spacial score (nSPS) is 11.2. The quantitative estimate of drug-likeness (QED) is 0.272. The van der Waals surface area contributed by atoms with Crippen molar-refractivity contribution in [3.05, 3.63) is 84.1 Å². The van der Waals surface area contributed by atoms with Crippen molar-refractivity contribution < 1.29 is 18.7 Å². The molecule has 4 N–H and O–H groups in total. The van der Waals surface area contributed by atoms with Crippen LogP contribution >= 0.6 is 0 Å². The summed E-state index contributed by atoms with van der Waals surface area (Å²) in [5, 5.41) is 10.0. The summed E-state index contributed by atoms with van der Waals surface area (Å²) >= 11 is 0. The van der Waals surface area contributed by atoms with E-state index >= 15 is 0 Å². The van der Waals surface area contributed by atoms with E-state index in [1.807, 2.05) is 39.8 Å². The molecule has 0 saturated carbocycles. The number of rotatable bonds is 8.